The predicted octanol–water partition coefficient (Wildman–Crippen LogP) is 6.27. The number of carbonyl (C=O) groups excluding carboxylic acids is 2. The molecule has 1 aliphatic heterocycles. The van der Waals surface area contributed by atoms with Crippen LogP contribution in [0.5, 0.6) is 0 Å². The van der Waals surface area contributed by atoms with Crippen LogP contribution in [0.15, 0.2) is 53.5 Å². The number of aryl methyl sites for hydroxylation is 2. The number of carbonyl (C=O) groups is 2. The van der Waals surface area contributed by atoms with E-state index in [1.165, 1.54) is 23.1 Å². The van der Waals surface area contributed by atoms with Gasteiger partial charge in [-0.25, -0.2) is 0 Å². The number of nitrogens with two attached hydrogens (primary N) is 1. The first-order valence-electron chi connectivity index (χ1n) is 13.2. The molecule has 1 aliphatic carbocycles. The zero-order chi connectivity index (χ0) is 25.3. The summed E-state index contributed by atoms with van der Waals surface area (Å²) in [5.41, 5.74) is 9.25. The fraction of sp³-hybridized carbons (Fsp3) is 0.500. The maximum Gasteiger partial charge on any atom is 0.275 e. The van der Waals surface area contributed by atoms with Gasteiger partial charge in [-0.05, 0) is 56.6 Å². The fourth-order valence-corrected chi connectivity index (χ4v) is 5.45. The van der Waals surface area contributed by atoms with Crippen LogP contribution < -0.4 is 5.73 Å². The zero-order valence-corrected chi connectivity index (χ0v) is 21.6. The lowest BCUT2D eigenvalue weighted by atomic mass is 9.86. The maximum atomic E-state index is 14.0. The van der Waals surface area contributed by atoms with E-state index in [0.717, 1.165) is 63.4 Å². The lowest BCUT2D eigenvalue weighted by Gasteiger charge is -2.44. The summed E-state index contributed by atoms with van der Waals surface area (Å²) >= 11 is 0. The van der Waals surface area contributed by atoms with Crippen LogP contribution >= 0.6 is 0 Å². The molecule has 1 heterocycles. The van der Waals surface area contributed by atoms with E-state index in [-0.39, 0.29) is 24.0 Å². The van der Waals surface area contributed by atoms with Crippen LogP contribution in [0.4, 0.5) is 0 Å². The van der Waals surface area contributed by atoms with Crippen LogP contribution in [0.25, 0.3) is 0 Å². The Morgan fingerprint density at radius 2 is 1.63 bits per heavy atom. The number of aliphatic imine (C=N–C) groups is 1. The summed E-state index contributed by atoms with van der Waals surface area (Å²) in [6.45, 7) is 6.54. The molecule has 35 heavy (non-hydrogen) atoms. The summed E-state index contributed by atoms with van der Waals surface area (Å²) in [6.07, 6.45) is 11.2. The van der Waals surface area contributed by atoms with E-state index in [2.05, 4.69) is 79.9 Å². The third-order valence-corrected chi connectivity index (χ3v) is 7.21. The second-order valence-corrected chi connectivity index (χ2v) is 9.83. The van der Waals surface area contributed by atoms with Crippen molar-refractivity contribution in [3.63, 3.8) is 0 Å². The number of benzene rings is 2. The summed E-state index contributed by atoms with van der Waals surface area (Å²) < 4.78 is 0. The van der Waals surface area contributed by atoms with Crippen LogP contribution in [0.1, 0.15) is 99.9 Å². The highest BCUT2D eigenvalue weighted by molar-refractivity contribution is 6.46. The average Bonchev–Trinajstić information content (AvgIpc) is 3.13. The van der Waals surface area contributed by atoms with Crippen molar-refractivity contribution in [2.45, 2.75) is 96.7 Å². The van der Waals surface area contributed by atoms with Gasteiger partial charge in [0.25, 0.3) is 5.91 Å². The molecule has 1 atom stereocenters. The molecule has 2 amide bonds. The molecular formula is C30H41N3O2. The molecule has 1 spiro atoms. The van der Waals surface area contributed by atoms with Gasteiger partial charge < -0.3 is 10.6 Å². The fourth-order valence-electron chi connectivity index (χ4n) is 5.45. The highest BCUT2D eigenvalue weighted by atomic mass is 16.2. The Kier molecular flexibility index (Phi) is 9.64. The molecule has 2 aromatic carbocycles. The molecule has 0 radical (unpaired) electrons. The minimum absolute atomic E-state index is 0.0860. The summed E-state index contributed by atoms with van der Waals surface area (Å²) in [6, 6.07) is 17.4. The van der Waals surface area contributed by atoms with Gasteiger partial charge in [-0.1, -0.05) is 93.6 Å². The number of hydrogen-bond acceptors (Lipinski definition) is 3. The van der Waals surface area contributed by atoms with Crippen molar-refractivity contribution >= 4 is 18.0 Å². The Morgan fingerprint density at radius 3 is 2.20 bits per heavy atom. The first kappa shape index (κ1) is 26.7. The quantitative estimate of drug-likeness (QED) is 0.457. The van der Waals surface area contributed by atoms with Crippen molar-refractivity contribution in [3.05, 3.63) is 70.8 Å². The monoisotopic (exact) mass is 475 g/mol. The van der Waals surface area contributed by atoms with E-state index >= 15 is 0 Å². The Hall–Kier alpha value is -2.95. The number of nitrogens with zero attached hydrogens (tertiary/aromatic N) is 2. The normalized spacial score (nSPS) is 17.5. The SMILES string of the molecule is CCCCC(c1ccc(CCC)cc1)N1C(=O)C(c2ccc(C)cc2)=NC12CCCCC2.NC=O. The van der Waals surface area contributed by atoms with Gasteiger partial charge in [-0.2, -0.15) is 0 Å². The molecule has 1 saturated carbocycles. The van der Waals surface area contributed by atoms with Gasteiger partial charge in [0.05, 0.1) is 6.04 Å². The van der Waals surface area contributed by atoms with Crippen molar-refractivity contribution < 1.29 is 9.59 Å². The second-order valence-electron chi connectivity index (χ2n) is 9.83. The number of hydrogen-bond donors (Lipinski definition) is 1. The first-order valence-corrected chi connectivity index (χ1v) is 13.2. The number of unbranched alkanes of at least 4 members (excludes halogenated alkanes) is 1. The number of primary amides is 1. The Balaban J connectivity index is 0.00000108. The van der Waals surface area contributed by atoms with Crippen molar-refractivity contribution in [1.82, 2.24) is 4.90 Å². The highest BCUT2D eigenvalue weighted by Crippen LogP contribution is 2.45. The highest BCUT2D eigenvalue weighted by Gasteiger charge is 2.50. The third-order valence-electron chi connectivity index (χ3n) is 7.21. The van der Waals surface area contributed by atoms with Crippen LogP contribution in [-0.4, -0.2) is 28.6 Å². The number of rotatable bonds is 8. The molecular weight excluding hydrogens is 434 g/mol. The smallest absolute Gasteiger partial charge is 0.275 e. The minimum Gasteiger partial charge on any atom is -0.372 e. The molecule has 188 valence electrons. The van der Waals surface area contributed by atoms with Crippen molar-refractivity contribution in [2.24, 2.45) is 10.7 Å². The predicted molar refractivity (Wildman–Crippen MR) is 143 cm³/mol. The minimum atomic E-state index is -0.379. The Bertz CT molecular complexity index is 989. The van der Waals surface area contributed by atoms with Crippen molar-refractivity contribution in [2.75, 3.05) is 0 Å². The molecule has 1 fully saturated rings. The van der Waals surface area contributed by atoms with Gasteiger partial charge >= 0.3 is 0 Å². The summed E-state index contributed by atoms with van der Waals surface area (Å²) in [7, 11) is 0. The molecule has 2 aliphatic rings. The molecule has 5 nitrogen and oxygen atoms in total. The topological polar surface area (TPSA) is 75.8 Å². The van der Waals surface area contributed by atoms with Crippen LogP contribution in [0.2, 0.25) is 0 Å². The molecule has 4 rings (SSSR count). The van der Waals surface area contributed by atoms with Gasteiger partial charge in [-0.15, -0.1) is 0 Å². The van der Waals surface area contributed by atoms with Crippen LogP contribution in [-0.2, 0) is 16.0 Å². The van der Waals surface area contributed by atoms with Gasteiger partial charge in [0.2, 0.25) is 6.41 Å². The summed E-state index contributed by atoms with van der Waals surface area (Å²) in [5, 5.41) is 0. The largest absolute Gasteiger partial charge is 0.372 e. The maximum absolute atomic E-state index is 14.0. The van der Waals surface area contributed by atoms with E-state index in [1.807, 2.05) is 0 Å². The summed E-state index contributed by atoms with van der Waals surface area (Å²) in [5.74, 6) is 0.120. The standard InChI is InChI=1S/C29H38N2O.CH3NO/c1-4-6-11-26(24-18-14-23(10-5-2)15-19-24)31-28(32)27(25-16-12-22(3)13-17-25)30-29(31)20-8-7-9-21-29;2-1-3/h12-19,26H,4-11,20-21H2,1-3H3;1H,(H2,2,3). The lowest BCUT2D eigenvalue weighted by molar-refractivity contribution is -0.133. The molecule has 0 saturated heterocycles. The van der Waals surface area contributed by atoms with E-state index in [1.54, 1.807) is 0 Å². The molecule has 0 aromatic heterocycles. The van der Waals surface area contributed by atoms with E-state index < -0.39 is 0 Å². The lowest BCUT2D eigenvalue weighted by Crippen LogP contribution is -2.50. The average molecular weight is 476 g/mol. The van der Waals surface area contributed by atoms with Crippen molar-refractivity contribution in [3.8, 4) is 0 Å². The van der Waals surface area contributed by atoms with Crippen LogP contribution in [0.3, 0.4) is 0 Å². The molecule has 1 unspecified atom stereocenters. The van der Waals surface area contributed by atoms with Gasteiger partial charge in [0, 0.05) is 5.56 Å². The summed E-state index contributed by atoms with van der Waals surface area (Å²) in [4.78, 5) is 30.0. The first-order chi connectivity index (χ1) is 17.0. The third kappa shape index (κ3) is 6.19. The second kappa shape index (κ2) is 12.7. The zero-order valence-electron chi connectivity index (χ0n) is 21.6. The van der Waals surface area contributed by atoms with Gasteiger partial charge in [0.15, 0.2) is 0 Å². The van der Waals surface area contributed by atoms with E-state index in [9.17, 15) is 4.79 Å². The van der Waals surface area contributed by atoms with E-state index in [4.69, 9.17) is 9.79 Å². The van der Waals surface area contributed by atoms with Crippen molar-refractivity contribution in [1.29, 1.82) is 0 Å². The number of amides is 2. The van der Waals surface area contributed by atoms with E-state index in [0.29, 0.717) is 5.71 Å². The Labute approximate surface area is 210 Å². The molecule has 0 bridgehead atoms. The van der Waals surface area contributed by atoms with Crippen LogP contribution in [0, 0.1) is 6.92 Å². The molecule has 2 aromatic rings. The molecule has 5 heteroatoms. The van der Waals surface area contributed by atoms with Gasteiger partial charge in [-0.3, -0.25) is 14.6 Å². The van der Waals surface area contributed by atoms with Gasteiger partial charge in [0.1, 0.15) is 11.4 Å². The Morgan fingerprint density at radius 1 is 1.00 bits per heavy atom. The molecule has 2 N–H and O–H groups in total.